The minimum Gasteiger partial charge on any atom is -0.459 e. The number of nitrogens with zero attached hydrogens (tertiary/aromatic N) is 5. The summed E-state index contributed by atoms with van der Waals surface area (Å²) >= 11 is 0. The highest BCUT2D eigenvalue weighted by Gasteiger charge is 2.27. The maximum Gasteiger partial charge on any atom is 0.289 e. The Kier molecular flexibility index (Phi) is 5.46. The lowest BCUT2D eigenvalue weighted by molar-refractivity contribution is 0.0514. The van der Waals surface area contributed by atoms with E-state index >= 15 is 0 Å². The number of carbonyl (C=O) groups is 2. The third-order valence-electron chi connectivity index (χ3n) is 4.67. The third-order valence-corrected chi connectivity index (χ3v) is 4.67. The summed E-state index contributed by atoms with van der Waals surface area (Å²) < 4.78 is 5.15. The first-order valence-corrected chi connectivity index (χ1v) is 9.29. The average Bonchev–Trinajstić information content (AvgIpc) is 3.33. The van der Waals surface area contributed by atoms with Crippen LogP contribution in [0.2, 0.25) is 0 Å². The number of anilines is 1. The monoisotopic (exact) mass is 392 g/mol. The second-order valence-electron chi connectivity index (χ2n) is 6.58. The summed E-state index contributed by atoms with van der Waals surface area (Å²) in [6, 6.07) is 10.5. The van der Waals surface area contributed by atoms with Crippen LogP contribution < -0.4 is 5.32 Å². The number of hydrogen-bond donors (Lipinski definition) is 1. The highest BCUT2D eigenvalue weighted by atomic mass is 16.3. The van der Waals surface area contributed by atoms with Gasteiger partial charge in [0.25, 0.3) is 11.8 Å². The summed E-state index contributed by atoms with van der Waals surface area (Å²) in [7, 11) is 0. The molecule has 1 N–H and O–H groups in total. The van der Waals surface area contributed by atoms with Crippen LogP contribution in [0.5, 0.6) is 0 Å². The maximum absolute atomic E-state index is 12.7. The molecule has 3 aromatic rings. The van der Waals surface area contributed by atoms with Crippen LogP contribution in [0.4, 0.5) is 5.82 Å². The molecular weight excluding hydrogens is 372 g/mol. The van der Waals surface area contributed by atoms with Crippen molar-refractivity contribution in [3.8, 4) is 0 Å². The van der Waals surface area contributed by atoms with Gasteiger partial charge in [-0.05, 0) is 35.9 Å². The van der Waals surface area contributed by atoms with E-state index in [4.69, 9.17) is 4.42 Å². The maximum atomic E-state index is 12.7. The van der Waals surface area contributed by atoms with Crippen molar-refractivity contribution in [3.05, 3.63) is 72.1 Å². The molecule has 4 rings (SSSR count). The van der Waals surface area contributed by atoms with E-state index in [1.165, 1.54) is 6.26 Å². The lowest BCUT2D eigenvalue weighted by atomic mass is 10.2. The summed E-state index contributed by atoms with van der Waals surface area (Å²) in [5.41, 5.74) is 1.30. The molecule has 9 heteroatoms. The van der Waals surface area contributed by atoms with Gasteiger partial charge in [0.05, 0.1) is 6.26 Å². The number of aromatic nitrogens is 3. The summed E-state index contributed by atoms with van der Waals surface area (Å²) in [4.78, 5) is 32.4. The SMILES string of the molecule is O=C(c1ccc(NCc2cccnc2)nn1)N1CCN(C(=O)c2ccco2)CC1. The van der Waals surface area contributed by atoms with Gasteiger partial charge in [0, 0.05) is 45.1 Å². The van der Waals surface area contributed by atoms with E-state index in [2.05, 4.69) is 20.5 Å². The second-order valence-corrected chi connectivity index (χ2v) is 6.58. The van der Waals surface area contributed by atoms with Crippen molar-refractivity contribution in [1.29, 1.82) is 0 Å². The number of furan rings is 1. The van der Waals surface area contributed by atoms with Crippen LogP contribution in [0.25, 0.3) is 0 Å². The van der Waals surface area contributed by atoms with Gasteiger partial charge in [-0.3, -0.25) is 14.6 Å². The fraction of sp³-hybridized carbons (Fsp3) is 0.250. The van der Waals surface area contributed by atoms with Gasteiger partial charge in [-0.2, -0.15) is 0 Å². The molecule has 4 heterocycles. The van der Waals surface area contributed by atoms with Crippen LogP contribution in [0.1, 0.15) is 26.6 Å². The van der Waals surface area contributed by atoms with Crippen molar-refractivity contribution in [2.24, 2.45) is 0 Å². The Labute approximate surface area is 167 Å². The Balaban J connectivity index is 1.30. The molecule has 0 saturated carbocycles. The molecule has 9 nitrogen and oxygen atoms in total. The van der Waals surface area contributed by atoms with Crippen LogP contribution in [-0.4, -0.2) is 63.0 Å². The smallest absolute Gasteiger partial charge is 0.289 e. The third kappa shape index (κ3) is 4.40. The minimum absolute atomic E-state index is 0.161. The zero-order valence-corrected chi connectivity index (χ0v) is 15.7. The molecule has 1 saturated heterocycles. The molecule has 29 heavy (non-hydrogen) atoms. The zero-order valence-electron chi connectivity index (χ0n) is 15.7. The van der Waals surface area contributed by atoms with E-state index in [0.29, 0.717) is 44.3 Å². The highest BCUT2D eigenvalue weighted by molar-refractivity contribution is 5.93. The van der Waals surface area contributed by atoms with Gasteiger partial charge in [-0.1, -0.05) is 6.07 Å². The molecule has 1 fully saturated rings. The first kappa shape index (κ1) is 18.6. The van der Waals surface area contributed by atoms with Crippen molar-refractivity contribution in [3.63, 3.8) is 0 Å². The van der Waals surface area contributed by atoms with E-state index < -0.39 is 0 Å². The van der Waals surface area contributed by atoms with Crippen LogP contribution in [-0.2, 0) is 6.54 Å². The molecule has 0 unspecified atom stereocenters. The Morgan fingerprint density at radius 3 is 2.38 bits per heavy atom. The van der Waals surface area contributed by atoms with Crippen LogP contribution in [0.3, 0.4) is 0 Å². The van der Waals surface area contributed by atoms with Gasteiger partial charge < -0.3 is 19.5 Å². The summed E-state index contributed by atoms with van der Waals surface area (Å²) in [6.07, 6.45) is 4.96. The fourth-order valence-corrected chi connectivity index (χ4v) is 3.07. The Morgan fingerprint density at radius 2 is 1.76 bits per heavy atom. The van der Waals surface area contributed by atoms with Crippen molar-refractivity contribution >= 4 is 17.6 Å². The topological polar surface area (TPSA) is 104 Å². The summed E-state index contributed by atoms with van der Waals surface area (Å²) in [6.45, 7) is 2.34. The highest BCUT2D eigenvalue weighted by Crippen LogP contribution is 2.12. The van der Waals surface area contributed by atoms with Gasteiger partial charge in [-0.25, -0.2) is 0 Å². The molecule has 1 aliphatic heterocycles. The van der Waals surface area contributed by atoms with E-state index in [-0.39, 0.29) is 17.5 Å². The van der Waals surface area contributed by atoms with Gasteiger partial charge in [-0.15, -0.1) is 10.2 Å². The standard InChI is InChI=1S/C20H20N6O3/c27-19(25-8-10-26(11-9-25)20(28)17-4-2-12-29-17)16-5-6-18(24-23-16)22-14-15-3-1-7-21-13-15/h1-7,12-13H,8-11,14H2,(H,22,24). The molecule has 0 aliphatic carbocycles. The molecule has 0 atom stereocenters. The summed E-state index contributed by atoms with van der Waals surface area (Å²) in [5.74, 6) is 0.539. The zero-order chi connectivity index (χ0) is 20.1. The molecule has 0 radical (unpaired) electrons. The van der Waals surface area contributed by atoms with Gasteiger partial charge in [0.2, 0.25) is 0 Å². The summed E-state index contributed by atoms with van der Waals surface area (Å²) in [5, 5.41) is 11.3. The number of nitrogens with one attached hydrogen (secondary N) is 1. The van der Waals surface area contributed by atoms with Crippen molar-refractivity contribution in [2.75, 3.05) is 31.5 Å². The second kappa shape index (κ2) is 8.51. The predicted octanol–water partition coefficient (Wildman–Crippen LogP) is 1.67. The quantitative estimate of drug-likeness (QED) is 0.704. The first-order chi connectivity index (χ1) is 14.2. The molecule has 1 aliphatic rings. The van der Waals surface area contributed by atoms with Crippen molar-refractivity contribution in [2.45, 2.75) is 6.54 Å². The Hall–Kier alpha value is -3.75. The molecule has 0 bridgehead atoms. The minimum atomic E-state index is -0.193. The van der Waals surface area contributed by atoms with Gasteiger partial charge >= 0.3 is 0 Å². The molecule has 2 amide bonds. The van der Waals surface area contributed by atoms with E-state index in [9.17, 15) is 9.59 Å². The average molecular weight is 392 g/mol. The largest absolute Gasteiger partial charge is 0.459 e. The number of amides is 2. The fourth-order valence-electron chi connectivity index (χ4n) is 3.07. The van der Waals surface area contributed by atoms with Crippen LogP contribution in [0.15, 0.2) is 59.5 Å². The number of pyridine rings is 1. The Bertz CT molecular complexity index is 952. The normalized spacial score (nSPS) is 13.9. The predicted molar refractivity (Wildman–Crippen MR) is 104 cm³/mol. The van der Waals surface area contributed by atoms with Gasteiger partial charge in [0.15, 0.2) is 11.5 Å². The van der Waals surface area contributed by atoms with Crippen LogP contribution >= 0.6 is 0 Å². The first-order valence-electron chi connectivity index (χ1n) is 9.29. The van der Waals surface area contributed by atoms with E-state index in [0.717, 1.165) is 5.56 Å². The molecule has 148 valence electrons. The van der Waals surface area contributed by atoms with E-state index in [1.54, 1.807) is 46.5 Å². The number of carbonyl (C=O) groups excluding carboxylic acids is 2. The lowest BCUT2D eigenvalue weighted by Gasteiger charge is -2.34. The lowest BCUT2D eigenvalue weighted by Crippen LogP contribution is -2.50. The van der Waals surface area contributed by atoms with Gasteiger partial charge in [0.1, 0.15) is 5.82 Å². The Morgan fingerprint density at radius 1 is 0.966 bits per heavy atom. The molecule has 3 aromatic heterocycles. The molecule has 0 spiro atoms. The van der Waals surface area contributed by atoms with Crippen molar-refractivity contribution in [1.82, 2.24) is 25.0 Å². The molecular formula is C20H20N6O3. The number of hydrogen-bond acceptors (Lipinski definition) is 7. The number of rotatable bonds is 5. The van der Waals surface area contributed by atoms with Crippen LogP contribution in [0, 0.1) is 0 Å². The molecule has 0 aromatic carbocycles. The van der Waals surface area contributed by atoms with Crippen molar-refractivity contribution < 1.29 is 14.0 Å². The number of piperazine rings is 1. The van der Waals surface area contributed by atoms with E-state index in [1.807, 2.05) is 12.1 Å².